The number of aromatic nitrogens is 2. The minimum atomic E-state index is 0.0485. The lowest BCUT2D eigenvalue weighted by Crippen LogP contribution is -1.80. The molecule has 0 fully saturated rings. The van der Waals surface area contributed by atoms with Crippen molar-refractivity contribution in [1.82, 2.24) is 9.97 Å². The number of hydrogen-bond donors (Lipinski definition) is 2. The first kappa shape index (κ1) is 11.0. The van der Waals surface area contributed by atoms with E-state index in [1.54, 1.807) is 12.4 Å². The second kappa shape index (κ2) is 4.54. The Balaban J connectivity index is 2.32. The summed E-state index contributed by atoms with van der Waals surface area (Å²) < 4.78 is 0.525. The average Bonchev–Trinajstić information content (AvgIpc) is 2.56. The minimum Gasteiger partial charge on any atom is -0.494 e. The van der Waals surface area contributed by atoms with Gasteiger partial charge in [0.2, 0.25) is 5.88 Å². The number of hydrogen-bond acceptors (Lipinski definition) is 5. The van der Waals surface area contributed by atoms with Crippen molar-refractivity contribution in [3.63, 3.8) is 0 Å². The fourth-order valence-electron chi connectivity index (χ4n) is 1.15. The van der Waals surface area contributed by atoms with Crippen LogP contribution in [0.2, 0.25) is 0 Å². The van der Waals surface area contributed by atoms with Crippen LogP contribution in [0, 0.1) is 10.9 Å². The minimum absolute atomic E-state index is 0.0485. The van der Waals surface area contributed by atoms with Crippen LogP contribution in [0.1, 0.15) is 10.4 Å². The molecule has 82 valence electrons. The molecule has 2 rings (SSSR count). The number of nitrogens with one attached hydrogen (secondary N) is 1. The van der Waals surface area contributed by atoms with Gasteiger partial charge in [0, 0.05) is 6.20 Å². The predicted molar refractivity (Wildman–Crippen MR) is 67.4 cm³/mol. The van der Waals surface area contributed by atoms with Crippen molar-refractivity contribution in [2.24, 2.45) is 4.99 Å². The second-order valence-corrected chi connectivity index (χ2v) is 4.85. The Bertz CT molecular complexity index is 586. The molecule has 0 radical (unpaired) electrons. The van der Waals surface area contributed by atoms with Crippen molar-refractivity contribution >= 4 is 35.6 Å². The number of aromatic amines is 1. The smallest absolute Gasteiger partial charge is 0.209 e. The van der Waals surface area contributed by atoms with Gasteiger partial charge in [0.1, 0.15) is 4.88 Å². The highest BCUT2D eigenvalue weighted by Gasteiger charge is 2.02. The molecule has 2 aromatic heterocycles. The fraction of sp³-hybridized carbons (Fsp3) is 0.100. The van der Waals surface area contributed by atoms with Crippen LogP contribution in [0.4, 0.5) is 5.82 Å². The molecule has 0 atom stereocenters. The number of aliphatic imine (C=N–C) groups is 1. The van der Waals surface area contributed by atoms with Gasteiger partial charge in [0.05, 0.1) is 6.21 Å². The molecule has 0 spiro atoms. The molecule has 2 aromatic rings. The average molecular weight is 251 g/mol. The molecule has 0 aliphatic rings. The van der Waals surface area contributed by atoms with Crippen LogP contribution in [-0.4, -0.2) is 21.3 Å². The zero-order valence-electron chi connectivity index (χ0n) is 8.47. The van der Waals surface area contributed by atoms with Gasteiger partial charge in [-0.05, 0) is 30.8 Å². The highest BCUT2D eigenvalue weighted by atomic mass is 32.1. The first-order chi connectivity index (χ1) is 7.66. The van der Waals surface area contributed by atoms with Gasteiger partial charge in [-0.15, -0.1) is 0 Å². The molecule has 0 bridgehead atoms. The fourth-order valence-corrected chi connectivity index (χ4v) is 2.12. The molecule has 6 heteroatoms. The van der Waals surface area contributed by atoms with E-state index in [0.29, 0.717) is 14.6 Å². The molecular weight excluding hydrogens is 242 g/mol. The zero-order chi connectivity index (χ0) is 11.5. The normalized spacial score (nSPS) is 11.1. The summed E-state index contributed by atoms with van der Waals surface area (Å²) in [6.07, 6.45) is 3.24. The van der Waals surface area contributed by atoms with Gasteiger partial charge >= 0.3 is 0 Å². The van der Waals surface area contributed by atoms with Crippen LogP contribution in [0.5, 0.6) is 5.88 Å². The maximum absolute atomic E-state index is 9.46. The lowest BCUT2D eigenvalue weighted by Gasteiger charge is -1.95. The second-order valence-electron chi connectivity index (χ2n) is 3.13. The molecule has 0 aliphatic carbocycles. The highest BCUT2D eigenvalue weighted by molar-refractivity contribution is 7.73. The standard InChI is InChI=1S/C10H9N3OS2/c1-6-3-2-4-11-8(6)12-5-7-9(14)13-10(15)16-7/h2-5,14H,1H3,(H,13,15). The summed E-state index contributed by atoms with van der Waals surface area (Å²) in [7, 11) is 0. The van der Waals surface area contributed by atoms with Crippen molar-refractivity contribution in [1.29, 1.82) is 0 Å². The first-order valence-electron chi connectivity index (χ1n) is 4.54. The Morgan fingerprint density at radius 3 is 3.06 bits per heavy atom. The SMILES string of the molecule is Cc1cccnc1N=Cc1sc(=S)[nH]c1O. The van der Waals surface area contributed by atoms with Gasteiger partial charge in [-0.3, -0.25) is 0 Å². The largest absolute Gasteiger partial charge is 0.494 e. The summed E-state index contributed by atoms with van der Waals surface area (Å²) in [6.45, 7) is 1.93. The number of aryl methyl sites for hydroxylation is 1. The topological polar surface area (TPSA) is 61.3 Å². The number of aromatic hydroxyl groups is 1. The van der Waals surface area contributed by atoms with E-state index in [2.05, 4.69) is 15.0 Å². The summed E-state index contributed by atoms with van der Waals surface area (Å²) in [4.78, 5) is 11.6. The lowest BCUT2D eigenvalue weighted by atomic mass is 10.3. The molecular formula is C10H9N3OS2. The third-order valence-electron chi connectivity index (χ3n) is 1.94. The van der Waals surface area contributed by atoms with E-state index >= 15 is 0 Å². The zero-order valence-corrected chi connectivity index (χ0v) is 10.1. The molecule has 0 unspecified atom stereocenters. The van der Waals surface area contributed by atoms with E-state index < -0.39 is 0 Å². The van der Waals surface area contributed by atoms with E-state index in [9.17, 15) is 5.11 Å². The Morgan fingerprint density at radius 2 is 2.44 bits per heavy atom. The molecule has 0 aliphatic heterocycles. The molecule has 16 heavy (non-hydrogen) atoms. The Kier molecular flexibility index (Phi) is 3.12. The maximum Gasteiger partial charge on any atom is 0.209 e. The number of rotatable bonds is 2. The van der Waals surface area contributed by atoms with Crippen LogP contribution in [0.15, 0.2) is 23.3 Å². The van der Waals surface area contributed by atoms with E-state index in [0.717, 1.165) is 5.56 Å². The molecule has 0 aromatic carbocycles. The molecule has 0 saturated heterocycles. The molecule has 0 amide bonds. The summed E-state index contributed by atoms with van der Waals surface area (Å²) in [5.74, 6) is 0.688. The van der Waals surface area contributed by atoms with Crippen molar-refractivity contribution in [2.75, 3.05) is 0 Å². The van der Waals surface area contributed by atoms with Crippen LogP contribution in [0.25, 0.3) is 0 Å². The van der Waals surface area contributed by atoms with Crippen molar-refractivity contribution in [3.8, 4) is 5.88 Å². The third-order valence-corrected chi connectivity index (χ3v) is 3.10. The van der Waals surface area contributed by atoms with Crippen LogP contribution in [-0.2, 0) is 0 Å². The van der Waals surface area contributed by atoms with E-state index in [1.165, 1.54) is 11.3 Å². The summed E-state index contributed by atoms with van der Waals surface area (Å²) in [6, 6.07) is 3.78. The molecule has 2 heterocycles. The van der Waals surface area contributed by atoms with Crippen LogP contribution < -0.4 is 0 Å². The van der Waals surface area contributed by atoms with Crippen molar-refractivity contribution in [2.45, 2.75) is 6.92 Å². The monoisotopic (exact) mass is 251 g/mol. The molecule has 4 nitrogen and oxygen atoms in total. The van der Waals surface area contributed by atoms with Gasteiger partial charge in [-0.1, -0.05) is 17.4 Å². The molecule has 0 saturated carbocycles. The summed E-state index contributed by atoms with van der Waals surface area (Å²) >= 11 is 6.17. The lowest BCUT2D eigenvalue weighted by molar-refractivity contribution is 0.456. The van der Waals surface area contributed by atoms with Crippen LogP contribution in [0.3, 0.4) is 0 Å². The van der Waals surface area contributed by atoms with Gasteiger partial charge in [0.25, 0.3) is 0 Å². The van der Waals surface area contributed by atoms with Crippen molar-refractivity contribution < 1.29 is 5.11 Å². The van der Waals surface area contributed by atoms with Gasteiger partial charge in [-0.25, -0.2) is 9.98 Å². The van der Waals surface area contributed by atoms with Crippen LogP contribution >= 0.6 is 23.6 Å². The van der Waals surface area contributed by atoms with Gasteiger partial charge in [-0.2, -0.15) is 0 Å². The first-order valence-corrected chi connectivity index (χ1v) is 5.77. The molecule has 2 N–H and O–H groups in total. The van der Waals surface area contributed by atoms with E-state index in [4.69, 9.17) is 12.2 Å². The predicted octanol–water partition coefficient (Wildman–Crippen LogP) is 2.97. The summed E-state index contributed by atoms with van der Waals surface area (Å²) in [5.41, 5.74) is 0.984. The number of H-pyrrole nitrogens is 1. The Morgan fingerprint density at radius 1 is 1.62 bits per heavy atom. The van der Waals surface area contributed by atoms with Gasteiger partial charge < -0.3 is 10.1 Å². The Labute approximate surface area is 101 Å². The number of thiazole rings is 1. The van der Waals surface area contributed by atoms with E-state index in [-0.39, 0.29) is 5.88 Å². The van der Waals surface area contributed by atoms with Gasteiger partial charge in [0.15, 0.2) is 9.77 Å². The quantitative estimate of drug-likeness (QED) is 0.637. The number of pyridine rings is 1. The van der Waals surface area contributed by atoms with Crippen molar-refractivity contribution in [3.05, 3.63) is 32.7 Å². The highest BCUT2D eigenvalue weighted by Crippen LogP contribution is 2.20. The summed E-state index contributed by atoms with van der Waals surface area (Å²) in [5, 5.41) is 9.46. The third kappa shape index (κ3) is 2.34. The Hall–Kier alpha value is -1.53. The number of nitrogens with zero attached hydrogens (tertiary/aromatic N) is 2. The van der Waals surface area contributed by atoms with E-state index in [1.807, 2.05) is 19.1 Å². The maximum atomic E-state index is 9.46.